The van der Waals surface area contributed by atoms with E-state index in [2.05, 4.69) is 10.1 Å². The van der Waals surface area contributed by atoms with Gasteiger partial charge in [-0.25, -0.2) is 9.59 Å². The highest BCUT2D eigenvalue weighted by atomic mass is 16.5. The van der Waals surface area contributed by atoms with Crippen molar-refractivity contribution < 1.29 is 24.2 Å². The largest absolute Gasteiger partial charge is 0.465 e. The number of carbonyl (C=O) groups is 3. The molecule has 1 rings (SSSR count). The average molecular weight is 323 g/mol. The Morgan fingerprint density at radius 3 is 2.61 bits per heavy atom. The van der Waals surface area contributed by atoms with Crippen LogP contribution in [-0.4, -0.2) is 55.2 Å². The van der Waals surface area contributed by atoms with E-state index < -0.39 is 12.1 Å². The number of carbonyl (C=O) groups excluding carboxylic acids is 2. The van der Waals surface area contributed by atoms with Gasteiger partial charge in [0, 0.05) is 31.4 Å². The Morgan fingerprint density at radius 1 is 1.30 bits per heavy atom. The predicted octanol–water partition coefficient (Wildman–Crippen LogP) is 1.18. The standard InChI is InChI=1S/C15H21N3O5/c1-18(15(21)22)8-4-3-7-17-13(19)10-5-6-12(16)11(9-10)14(20)23-2/h5-6,9H,3-4,7-8,16H2,1-2H3,(H,17,19)(H,21,22). The molecule has 0 aliphatic heterocycles. The molecule has 0 aliphatic rings. The first kappa shape index (κ1) is 18.3. The van der Waals surface area contributed by atoms with Gasteiger partial charge in [-0.15, -0.1) is 0 Å². The number of unbranched alkanes of at least 4 members (excludes halogenated alkanes) is 1. The number of benzene rings is 1. The molecule has 0 aromatic heterocycles. The average Bonchev–Trinajstić information content (AvgIpc) is 2.53. The smallest absolute Gasteiger partial charge is 0.407 e. The number of hydrogen-bond acceptors (Lipinski definition) is 5. The molecule has 0 saturated carbocycles. The van der Waals surface area contributed by atoms with Gasteiger partial charge in [0.2, 0.25) is 0 Å². The molecule has 0 bridgehead atoms. The number of ether oxygens (including phenoxy) is 1. The van der Waals surface area contributed by atoms with Gasteiger partial charge in [0.1, 0.15) is 0 Å². The number of nitrogen functional groups attached to an aromatic ring is 1. The Morgan fingerprint density at radius 2 is 2.00 bits per heavy atom. The van der Waals surface area contributed by atoms with Crippen molar-refractivity contribution in [2.75, 3.05) is 33.0 Å². The Labute approximate surface area is 134 Å². The fourth-order valence-electron chi connectivity index (χ4n) is 1.86. The van der Waals surface area contributed by atoms with Crippen LogP contribution in [0.15, 0.2) is 18.2 Å². The Bertz CT molecular complexity index is 588. The van der Waals surface area contributed by atoms with Crippen molar-refractivity contribution in [2.45, 2.75) is 12.8 Å². The highest BCUT2D eigenvalue weighted by molar-refractivity contribution is 6.00. The van der Waals surface area contributed by atoms with Crippen LogP contribution in [-0.2, 0) is 4.74 Å². The van der Waals surface area contributed by atoms with Gasteiger partial charge < -0.3 is 25.8 Å². The summed E-state index contributed by atoms with van der Waals surface area (Å²) in [5.41, 5.74) is 6.36. The van der Waals surface area contributed by atoms with E-state index in [1.807, 2.05) is 0 Å². The lowest BCUT2D eigenvalue weighted by atomic mass is 10.1. The zero-order valence-corrected chi connectivity index (χ0v) is 13.2. The van der Waals surface area contributed by atoms with E-state index in [4.69, 9.17) is 10.8 Å². The summed E-state index contributed by atoms with van der Waals surface area (Å²) in [7, 11) is 2.73. The molecule has 0 spiro atoms. The second-order valence-corrected chi connectivity index (χ2v) is 4.96. The van der Waals surface area contributed by atoms with Gasteiger partial charge >= 0.3 is 12.1 Å². The van der Waals surface area contributed by atoms with Crippen LogP contribution in [0.2, 0.25) is 0 Å². The molecule has 0 heterocycles. The van der Waals surface area contributed by atoms with Gasteiger partial charge in [-0.2, -0.15) is 0 Å². The predicted molar refractivity (Wildman–Crippen MR) is 84.4 cm³/mol. The van der Waals surface area contributed by atoms with Crippen molar-refractivity contribution in [1.29, 1.82) is 0 Å². The summed E-state index contributed by atoms with van der Waals surface area (Å²) >= 11 is 0. The number of hydrogen-bond donors (Lipinski definition) is 3. The highest BCUT2D eigenvalue weighted by Crippen LogP contribution is 2.15. The quantitative estimate of drug-likeness (QED) is 0.393. The maximum absolute atomic E-state index is 12.0. The number of nitrogens with two attached hydrogens (primary N) is 1. The van der Waals surface area contributed by atoms with Crippen molar-refractivity contribution in [1.82, 2.24) is 10.2 Å². The minimum Gasteiger partial charge on any atom is -0.465 e. The lowest BCUT2D eigenvalue weighted by Crippen LogP contribution is -2.28. The minimum atomic E-state index is -0.980. The highest BCUT2D eigenvalue weighted by Gasteiger charge is 2.14. The van der Waals surface area contributed by atoms with E-state index in [9.17, 15) is 14.4 Å². The third kappa shape index (κ3) is 5.50. The van der Waals surface area contributed by atoms with E-state index >= 15 is 0 Å². The van der Waals surface area contributed by atoms with Crippen LogP contribution in [0.25, 0.3) is 0 Å². The van der Waals surface area contributed by atoms with Crippen molar-refractivity contribution in [3.05, 3.63) is 29.3 Å². The molecular weight excluding hydrogens is 302 g/mol. The van der Waals surface area contributed by atoms with Crippen LogP contribution >= 0.6 is 0 Å². The first-order chi connectivity index (χ1) is 10.9. The third-order valence-corrected chi connectivity index (χ3v) is 3.25. The molecule has 0 aliphatic carbocycles. The molecule has 8 heteroatoms. The second kappa shape index (κ2) is 8.62. The van der Waals surface area contributed by atoms with Crippen molar-refractivity contribution in [2.24, 2.45) is 0 Å². The Balaban J connectivity index is 2.49. The number of anilines is 1. The van der Waals surface area contributed by atoms with Crippen LogP contribution in [0.3, 0.4) is 0 Å². The summed E-state index contributed by atoms with van der Waals surface area (Å²) in [4.78, 5) is 35.3. The SMILES string of the molecule is COC(=O)c1cc(C(=O)NCCCCN(C)C(=O)O)ccc1N. The summed E-state index contributed by atoms with van der Waals surface area (Å²) < 4.78 is 4.60. The summed E-state index contributed by atoms with van der Waals surface area (Å²) in [5.74, 6) is -0.935. The lowest BCUT2D eigenvalue weighted by Gasteiger charge is -2.12. The zero-order chi connectivity index (χ0) is 17.4. The maximum atomic E-state index is 12.0. The number of methoxy groups -OCH3 is 1. The second-order valence-electron chi connectivity index (χ2n) is 4.96. The van der Waals surface area contributed by atoms with Gasteiger partial charge in [-0.3, -0.25) is 4.79 Å². The number of nitrogens with one attached hydrogen (secondary N) is 1. The summed E-state index contributed by atoms with van der Waals surface area (Å²) in [6, 6.07) is 4.38. The van der Waals surface area contributed by atoms with E-state index in [0.717, 1.165) is 0 Å². The molecular formula is C15H21N3O5. The lowest BCUT2D eigenvalue weighted by molar-refractivity contribution is 0.0602. The van der Waals surface area contributed by atoms with E-state index in [1.165, 1.54) is 37.3 Å². The number of amides is 2. The first-order valence-corrected chi connectivity index (χ1v) is 7.07. The fraction of sp³-hybridized carbons (Fsp3) is 0.400. The normalized spacial score (nSPS) is 10.0. The molecule has 1 aromatic rings. The Hall–Kier alpha value is -2.77. The Kier molecular flexibility index (Phi) is 6.85. The molecule has 0 saturated heterocycles. The number of rotatable bonds is 7. The molecule has 0 unspecified atom stereocenters. The molecule has 8 nitrogen and oxygen atoms in total. The van der Waals surface area contributed by atoms with Crippen LogP contribution in [0.5, 0.6) is 0 Å². The van der Waals surface area contributed by atoms with Gasteiger partial charge in [0.05, 0.1) is 12.7 Å². The van der Waals surface area contributed by atoms with Gasteiger partial charge in [0.15, 0.2) is 0 Å². The zero-order valence-electron chi connectivity index (χ0n) is 13.2. The van der Waals surface area contributed by atoms with Gasteiger partial charge in [-0.05, 0) is 31.0 Å². The summed E-state index contributed by atoms with van der Waals surface area (Å²) in [5, 5.41) is 11.4. The van der Waals surface area contributed by atoms with E-state index in [1.54, 1.807) is 0 Å². The fourth-order valence-corrected chi connectivity index (χ4v) is 1.86. The monoisotopic (exact) mass is 323 g/mol. The molecule has 0 radical (unpaired) electrons. The molecule has 0 atom stereocenters. The van der Waals surface area contributed by atoms with Crippen LogP contribution < -0.4 is 11.1 Å². The summed E-state index contributed by atoms with van der Waals surface area (Å²) in [6.07, 6.45) is 0.298. The van der Waals surface area contributed by atoms with Crippen molar-refractivity contribution in [3.63, 3.8) is 0 Å². The van der Waals surface area contributed by atoms with Crippen molar-refractivity contribution >= 4 is 23.7 Å². The molecule has 126 valence electrons. The van der Waals surface area contributed by atoms with Gasteiger partial charge in [-0.1, -0.05) is 0 Å². The topological polar surface area (TPSA) is 122 Å². The third-order valence-electron chi connectivity index (χ3n) is 3.25. The molecule has 1 aromatic carbocycles. The number of nitrogens with zero attached hydrogens (tertiary/aromatic N) is 1. The maximum Gasteiger partial charge on any atom is 0.407 e. The van der Waals surface area contributed by atoms with Gasteiger partial charge in [0.25, 0.3) is 5.91 Å². The van der Waals surface area contributed by atoms with Crippen LogP contribution in [0.4, 0.5) is 10.5 Å². The first-order valence-electron chi connectivity index (χ1n) is 7.07. The van der Waals surface area contributed by atoms with E-state index in [-0.39, 0.29) is 17.2 Å². The molecule has 23 heavy (non-hydrogen) atoms. The van der Waals surface area contributed by atoms with Crippen molar-refractivity contribution in [3.8, 4) is 0 Å². The van der Waals surface area contributed by atoms with E-state index in [0.29, 0.717) is 31.5 Å². The van der Waals surface area contributed by atoms with Crippen LogP contribution in [0, 0.1) is 0 Å². The van der Waals surface area contributed by atoms with Crippen LogP contribution in [0.1, 0.15) is 33.6 Å². The molecule has 2 amide bonds. The summed E-state index contributed by atoms with van der Waals surface area (Å²) in [6.45, 7) is 0.809. The number of carboxylic acid groups (broad SMARTS) is 1. The molecule has 0 fully saturated rings. The molecule has 4 N–H and O–H groups in total. The number of esters is 1. The minimum absolute atomic E-state index is 0.142.